The first-order valence-electron chi connectivity index (χ1n) is 6.02. The number of nitrogens with zero attached hydrogens (tertiary/aromatic N) is 1. The van der Waals surface area contributed by atoms with Gasteiger partial charge >= 0.3 is 0 Å². The predicted molar refractivity (Wildman–Crippen MR) is 60.6 cm³/mol. The van der Waals surface area contributed by atoms with Gasteiger partial charge in [-0.3, -0.25) is 4.79 Å². The number of hydrogen-bond donors (Lipinski definition) is 2. The van der Waals surface area contributed by atoms with Crippen molar-refractivity contribution in [3.05, 3.63) is 0 Å². The highest BCUT2D eigenvalue weighted by Gasteiger charge is 2.38. The normalized spacial score (nSPS) is 34.0. The Labute approximate surface area is 101 Å². The quantitative estimate of drug-likeness (QED) is 0.628. The number of amides is 1. The second-order valence-corrected chi connectivity index (χ2v) is 4.48. The first kappa shape index (κ1) is 12.8. The maximum atomic E-state index is 12.4. The zero-order valence-corrected chi connectivity index (χ0v) is 10.1. The molecule has 2 aliphatic rings. The largest absolute Gasteiger partial charge is 0.394 e. The minimum Gasteiger partial charge on any atom is -0.394 e. The Bertz CT molecular complexity index is 274. The molecule has 0 aromatic heterocycles. The number of morpholine rings is 1. The molecule has 2 rings (SSSR count). The van der Waals surface area contributed by atoms with E-state index in [9.17, 15) is 9.90 Å². The smallest absolute Gasteiger partial charge is 0.230 e. The Hall–Kier alpha value is -0.690. The van der Waals surface area contributed by atoms with Crippen LogP contribution in [0, 0.1) is 5.92 Å². The Morgan fingerprint density at radius 3 is 2.94 bits per heavy atom. The van der Waals surface area contributed by atoms with E-state index >= 15 is 0 Å². The molecule has 2 saturated heterocycles. The van der Waals surface area contributed by atoms with Gasteiger partial charge in [0.1, 0.15) is 0 Å². The van der Waals surface area contributed by atoms with Crippen molar-refractivity contribution in [1.29, 1.82) is 0 Å². The van der Waals surface area contributed by atoms with Gasteiger partial charge in [-0.15, -0.1) is 0 Å². The van der Waals surface area contributed by atoms with E-state index in [2.05, 4.69) is 5.32 Å². The Morgan fingerprint density at radius 2 is 2.24 bits per heavy atom. The zero-order valence-electron chi connectivity index (χ0n) is 10.1. The van der Waals surface area contributed by atoms with Crippen LogP contribution in [0.4, 0.5) is 0 Å². The van der Waals surface area contributed by atoms with Crippen molar-refractivity contribution in [3.8, 4) is 0 Å². The number of rotatable bonds is 3. The SMILES string of the molecule is CNC1COCC1C(=O)N1CCOCC1CO. The number of nitrogens with one attached hydrogen (secondary N) is 1. The molecule has 0 aliphatic carbocycles. The number of aliphatic hydroxyl groups is 1. The van der Waals surface area contributed by atoms with E-state index in [-0.39, 0.29) is 30.5 Å². The topological polar surface area (TPSA) is 71.0 Å². The van der Waals surface area contributed by atoms with Crippen LogP contribution in [0.1, 0.15) is 0 Å². The second kappa shape index (κ2) is 5.77. The lowest BCUT2D eigenvalue weighted by Crippen LogP contribution is -2.54. The third-order valence-corrected chi connectivity index (χ3v) is 3.49. The van der Waals surface area contributed by atoms with Crippen LogP contribution in [0.5, 0.6) is 0 Å². The highest BCUT2D eigenvalue weighted by molar-refractivity contribution is 5.80. The van der Waals surface area contributed by atoms with Gasteiger partial charge in [-0.2, -0.15) is 0 Å². The third-order valence-electron chi connectivity index (χ3n) is 3.49. The summed E-state index contributed by atoms with van der Waals surface area (Å²) in [6.45, 7) is 2.49. The van der Waals surface area contributed by atoms with Gasteiger partial charge in [-0.1, -0.05) is 0 Å². The summed E-state index contributed by atoms with van der Waals surface area (Å²) in [5, 5.41) is 12.4. The summed E-state index contributed by atoms with van der Waals surface area (Å²) < 4.78 is 10.6. The summed E-state index contributed by atoms with van der Waals surface area (Å²) in [6.07, 6.45) is 0. The predicted octanol–water partition coefficient (Wildman–Crippen LogP) is -1.56. The van der Waals surface area contributed by atoms with Crippen molar-refractivity contribution in [2.24, 2.45) is 5.92 Å². The van der Waals surface area contributed by atoms with E-state index in [1.54, 1.807) is 4.90 Å². The lowest BCUT2D eigenvalue weighted by Gasteiger charge is -2.36. The lowest BCUT2D eigenvalue weighted by atomic mass is 10.0. The molecule has 0 bridgehead atoms. The molecule has 0 saturated carbocycles. The van der Waals surface area contributed by atoms with Gasteiger partial charge < -0.3 is 24.8 Å². The summed E-state index contributed by atoms with van der Waals surface area (Å²) in [5.74, 6) is -0.0867. The molecular weight excluding hydrogens is 224 g/mol. The van der Waals surface area contributed by atoms with E-state index in [1.807, 2.05) is 7.05 Å². The summed E-state index contributed by atoms with van der Waals surface area (Å²) >= 11 is 0. The van der Waals surface area contributed by atoms with E-state index in [0.717, 1.165) is 0 Å². The van der Waals surface area contributed by atoms with Crippen molar-refractivity contribution >= 4 is 5.91 Å². The van der Waals surface area contributed by atoms with Crippen LogP contribution < -0.4 is 5.32 Å². The fourth-order valence-electron chi connectivity index (χ4n) is 2.39. The maximum absolute atomic E-state index is 12.4. The first-order chi connectivity index (χ1) is 8.27. The van der Waals surface area contributed by atoms with Crippen molar-refractivity contribution in [2.45, 2.75) is 12.1 Å². The average Bonchev–Trinajstić information content (AvgIpc) is 2.86. The Morgan fingerprint density at radius 1 is 1.41 bits per heavy atom. The lowest BCUT2D eigenvalue weighted by molar-refractivity contribution is -0.146. The minimum atomic E-state index is -0.214. The molecule has 0 aromatic carbocycles. The standard InChI is InChI=1S/C11H20N2O4/c1-12-10-7-17-6-9(10)11(15)13-2-3-16-5-8(13)4-14/h8-10,12,14H,2-7H2,1H3. The van der Waals surface area contributed by atoms with Gasteiger partial charge in [0.2, 0.25) is 5.91 Å². The second-order valence-electron chi connectivity index (χ2n) is 4.48. The van der Waals surface area contributed by atoms with Gasteiger partial charge in [0.15, 0.2) is 0 Å². The number of carbonyl (C=O) groups is 1. The summed E-state index contributed by atoms with van der Waals surface area (Å²) in [6, 6.07) is -0.140. The van der Waals surface area contributed by atoms with Crippen LogP contribution in [0.25, 0.3) is 0 Å². The number of hydrogen-bond acceptors (Lipinski definition) is 5. The van der Waals surface area contributed by atoms with E-state index in [4.69, 9.17) is 9.47 Å². The summed E-state index contributed by atoms with van der Waals surface area (Å²) in [4.78, 5) is 14.1. The zero-order chi connectivity index (χ0) is 12.3. The molecule has 6 nitrogen and oxygen atoms in total. The van der Waals surface area contributed by atoms with Crippen molar-refractivity contribution in [1.82, 2.24) is 10.2 Å². The molecule has 98 valence electrons. The number of aliphatic hydroxyl groups excluding tert-OH is 1. The molecule has 2 N–H and O–H groups in total. The fourth-order valence-corrected chi connectivity index (χ4v) is 2.39. The number of ether oxygens (including phenoxy) is 2. The van der Waals surface area contributed by atoms with Crippen molar-refractivity contribution in [3.63, 3.8) is 0 Å². The molecule has 3 unspecified atom stereocenters. The molecule has 17 heavy (non-hydrogen) atoms. The summed E-state index contributed by atoms with van der Waals surface area (Å²) in [5.41, 5.74) is 0. The van der Waals surface area contributed by atoms with Crippen molar-refractivity contribution in [2.75, 3.05) is 46.6 Å². The molecule has 6 heteroatoms. The molecule has 1 amide bonds. The Kier molecular flexibility index (Phi) is 4.33. The highest BCUT2D eigenvalue weighted by Crippen LogP contribution is 2.19. The molecular formula is C11H20N2O4. The monoisotopic (exact) mass is 244 g/mol. The molecule has 0 spiro atoms. The molecule has 0 aromatic rings. The maximum Gasteiger partial charge on any atom is 0.230 e. The van der Waals surface area contributed by atoms with E-state index in [0.29, 0.717) is 33.0 Å². The average molecular weight is 244 g/mol. The Balaban J connectivity index is 2.02. The number of likely N-dealkylation sites (N-methyl/N-ethyl adjacent to an activating group) is 1. The van der Waals surface area contributed by atoms with Gasteiger partial charge in [-0.05, 0) is 7.05 Å². The van der Waals surface area contributed by atoms with Crippen LogP contribution in [-0.2, 0) is 14.3 Å². The van der Waals surface area contributed by atoms with E-state index < -0.39 is 0 Å². The van der Waals surface area contributed by atoms with Gasteiger partial charge in [0.05, 0.1) is 45.0 Å². The molecule has 2 aliphatic heterocycles. The van der Waals surface area contributed by atoms with Crippen LogP contribution in [0.15, 0.2) is 0 Å². The van der Waals surface area contributed by atoms with Gasteiger partial charge in [0, 0.05) is 12.6 Å². The molecule has 3 atom stereocenters. The third kappa shape index (κ3) is 2.60. The fraction of sp³-hybridized carbons (Fsp3) is 0.909. The molecule has 0 radical (unpaired) electrons. The van der Waals surface area contributed by atoms with Crippen LogP contribution in [-0.4, -0.2) is 74.6 Å². The van der Waals surface area contributed by atoms with Crippen LogP contribution in [0.2, 0.25) is 0 Å². The number of carbonyl (C=O) groups excluding carboxylic acids is 1. The van der Waals surface area contributed by atoms with E-state index in [1.165, 1.54) is 0 Å². The first-order valence-corrected chi connectivity index (χ1v) is 6.02. The highest BCUT2D eigenvalue weighted by atomic mass is 16.5. The minimum absolute atomic E-state index is 0.0520. The van der Waals surface area contributed by atoms with Crippen LogP contribution >= 0.6 is 0 Å². The van der Waals surface area contributed by atoms with Crippen molar-refractivity contribution < 1.29 is 19.4 Å². The van der Waals surface area contributed by atoms with Gasteiger partial charge in [0.25, 0.3) is 0 Å². The molecule has 2 heterocycles. The van der Waals surface area contributed by atoms with Gasteiger partial charge in [-0.25, -0.2) is 0 Å². The molecule has 2 fully saturated rings. The van der Waals surface area contributed by atoms with Crippen LogP contribution in [0.3, 0.4) is 0 Å². The summed E-state index contributed by atoms with van der Waals surface area (Å²) in [7, 11) is 1.84.